The van der Waals surface area contributed by atoms with E-state index in [1.54, 1.807) is 0 Å². The van der Waals surface area contributed by atoms with Gasteiger partial charge in [0.05, 0.1) is 11.7 Å². The fourth-order valence-corrected chi connectivity index (χ4v) is 2.88. The van der Waals surface area contributed by atoms with Crippen molar-refractivity contribution >= 4 is 0 Å². The third kappa shape index (κ3) is 3.83. The van der Waals surface area contributed by atoms with Crippen LogP contribution in [0.5, 0.6) is 0 Å². The van der Waals surface area contributed by atoms with Gasteiger partial charge < -0.3 is 14.6 Å². The lowest BCUT2D eigenvalue weighted by Gasteiger charge is -2.22. The molecule has 2 rings (SSSR count). The maximum Gasteiger partial charge on any atom is 0.0762 e. The summed E-state index contributed by atoms with van der Waals surface area (Å²) in [6.45, 7) is 10.9. The van der Waals surface area contributed by atoms with E-state index in [0.717, 1.165) is 19.5 Å². The first-order chi connectivity index (χ1) is 9.02. The maximum atomic E-state index is 6.10. The van der Waals surface area contributed by atoms with Crippen molar-refractivity contribution in [3.05, 3.63) is 24.0 Å². The summed E-state index contributed by atoms with van der Waals surface area (Å²) in [6, 6.07) is 4.76. The van der Waals surface area contributed by atoms with Gasteiger partial charge in [-0.1, -0.05) is 6.92 Å². The topological polar surface area (TPSA) is 26.2 Å². The Balaban J connectivity index is 1.96. The van der Waals surface area contributed by atoms with Gasteiger partial charge in [0.2, 0.25) is 0 Å². The van der Waals surface area contributed by atoms with Crippen molar-refractivity contribution in [3.8, 4) is 0 Å². The largest absolute Gasteiger partial charge is 0.370 e. The quantitative estimate of drug-likeness (QED) is 0.851. The standard InChI is InChI=1S/C16H28N2O/c1-5-10-17-13(2)15-7-6-11-18(15)12-14-8-9-16(3,4)19-14/h6-7,11,13-14,17H,5,8-10,12H2,1-4H3. The van der Waals surface area contributed by atoms with Crippen molar-refractivity contribution in [1.29, 1.82) is 0 Å². The van der Waals surface area contributed by atoms with Gasteiger partial charge in [0, 0.05) is 24.5 Å². The number of nitrogens with zero attached hydrogens (tertiary/aromatic N) is 1. The Kier molecular flexibility index (Phi) is 4.69. The zero-order valence-corrected chi connectivity index (χ0v) is 12.8. The van der Waals surface area contributed by atoms with Gasteiger partial charge in [-0.2, -0.15) is 0 Å². The summed E-state index contributed by atoms with van der Waals surface area (Å²) in [5, 5.41) is 3.55. The van der Waals surface area contributed by atoms with Gasteiger partial charge in [0.25, 0.3) is 0 Å². The van der Waals surface area contributed by atoms with E-state index >= 15 is 0 Å². The molecular weight excluding hydrogens is 236 g/mol. The second-order valence-corrected chi connectivity index (χ2v) is 6.30. The number of nitrogens with one attached hydrogen (secondary N) is 1. The van der Waals surface area contributed by atoms with Crippen LogP contribution >= 0.6 is 0 Å². The van der Waals surface area contributed by atoms with Crippen LogP contribution in [0.2, 0.25) is 0 Å². The smallest absolute Gasteiger partial charge is 0.0762 e. The van der Waals surface area contributed by atoms with Gasteiger partial charge >= 0.3 is 0 Å². The van der Waals surface area contributed by atoms with E-state index in [9.17, 15) is 0 Å². The highest BCUT2D eigenvalue weighted by Gasteiger charge is 2.31. The minimum Gasteiger partial charge on any atom is -0.370 e. The van der Waals surface area contributed by atoms with Crippen molar-refractivity contribution in [2.45, 2.75) is 71.2 Å². The summed E-state index contributed by atoms with van der Waals surface area (Å²) in [6.07, 6.45) is 6.04. The van der Waals surface area contributed by atoms with Crippen molar-refractivity contribution < 1.29 is 4.74 Å². The van der Waals surface area contributed by atoms with E-state index in [1.165, 1.54) is 18.5 Å². The molecule has 1 aliphatic rings. The predicted octanol–water partition coefficient (Wildman–Crippen LogP) is 3.51. The predicted molar refractivity (Wildman–Crippen MR) is 79.3 cm³/mol. The highest BCUT2D eigenvalue weighted by Crippen LogP contribution is 2.30. The first-order valence-electron chi connectivity index (χ1n) is 7.58. The first kappa shape index (κ1) is 14.6. The summed E-state index contributed by atoms with van der Waals surface area (Å²) < 4.78 is 8.44. The van der Waals surface area contributed by atoms with Crippen LogP contribution in [0.3, 0.4) is 0 Å². The van der Waals surface area contributed by atoms with E-state index in [-0.39, 0.29) is 5.60 Å². The van der Waals surface area contributed by atoms with Gasteiger partial charge in [-0.15, -0.1) is 0 Å². The van der Waals surface area contributed by atoms with Crippen molar-refractivity contribution in [3.63, 3.8) is 0 Å². The Labute approximate surface area is 117 Å². The van der Waals surface area contributed by atoms with Crippen LogP contribution < -0.4 is 5.32 Å². The summed E-state index contributed by atoms with van der Waals surface area (Å²) in [4.78, 5) is 0. The van der Waals surface area contributed by atoms with Gasteiger partial charge in [0.15, 0.2) is 0 Å². The maximum absolute atomic E-state index is 6.10. The fourth-order valence-electron chi connectivity index (χ4n) is 2.88. The molecule has 1 aromatic rings. The van der Waals surface area contributed by atoms with E-state index in [0.29, 0.717) is 12.1 Å². The normalized spacial score (nSPS) is 23.7. The Hall–Kier alpha value is -0.800. The molecule has 1 aliphatic heterocycles. The molecule has 0 aliphatic carbocycles. The molecule has 0 bridgehead atoms. The zero-order chi connectivity index (χ0) is 13.9. The molecule has 1 saturated heterocycles. The van der Waals surface area contributed by atoms with Gasteiger partial charge in [-0.3, -0.25) is 0 Å². The molecule has 0 amide bonds. The molecule has 108 valence electrons. The van der Waals surface area contributed by atoms with Gasteiger partial charge in [-0.05, 0) is 58.7 Å². The molecular formula is C16H28N2O. The third-order valence-corrected chi connectivity index (χ3v) is 3.96. The van der Waals surface area contributed by atoms with Crippen LogP contribution in [0.25, 0.3) is 0 Å². The molecule has 2 atom stereocenters. The molecule has 1 aromatic heterocycles. The molecule has 0 radical (unpaired) electrons. The highest BCUT2D eigenvalue weighted by molar-refractivity contribution is 5.11. The van der Waals surface area contributed by atoms with Crippen molar-refractivity contribution in [2.75, 3.05) is 6.54 Å². The number of hydrogen-bond donors (Lipinski definition) is 1. The van der Waals surface area contributed by atoms with Gasteiger partial charge in [-0.25, -0.2) is 0 Å². The Morgan fingerprint density at radius 1 is 1.53 bits per heavy atom. The number of aromatic nitrogens is 1. The number of hydrogen-bond acceptors (Lipinski definition) is 2. The van der Waals surface area contributed by atoms with Crippen LogP contribution in [-0.4, -0.2) is 22.8 Å². The fraction of sp³-hybridized carbons (Fsp3) is 0.750. The molecule has 2 unspecified atom stereocenters. The summed E-state index contributed by atoms with van der Waals surface area (Å²) in [5.74, 6) is 0. The minimum absolute atomic E-state index is 0.0596. The Morgan fingerprint density at radius 2 is 2.32 bits per heavy atom. The minimum atomic E-state index is 0.0596. The van der Waals surface area contributed by atoms with E-state index in [2.05, 4.69) is 55.9 Å². The van der Waals surface area contributed by atoms with Crippen LogP contribution in [0.4, 0.5) is 0 Å². The SMILES string of the molecule is CCCNC(C)c1cccn1CC1CCC(C)(C)O1. The second-order valence-electron chi connectivity index (χ2n) is 6.30. The summed E-state index contributed by atoms with van der Waals surface area (Å²) >= 11 is 0. The average molecular weight is 264 g/mol. The molecule has 1 fully saturated rings. The molecule has 0 saturated carbocycles. The molecule has 0 aromatic carbocycles. The lowest BCUT2D eigenvalue weighted by atomic mass is 10.1. The highest BCUT2D eigenvalue weighted by atomic mass is 16.5. The monoisotopic (exact) mass is 264 g/mol. The number of rotatable bonds is 6. The lowest BCUT2D eigenvalue weighted by Crippen LogP contribution is -2.26. The van der Waals surface area contributed by atoms with Crippen LogP contribution in [0, 0.1) is 0 Å². The molecule has 3 heteroatoms. The molecule has 3 nitrogen and oxygen atoms in total. The lowest BCUT2D eigenvalue weighted by molar-refractivity contribution is -0.0220. The first-order valence-corrected chi connectivity index (χ1v) is 7.58. The zero-order valence-electron chi connectivity index (χ0n) is 12.8. The van der Waals surface area contributed by atoms with Gasteiger partial charge in [0.1, 0.15) is 0 Å². The van der Waals surface area contributed by atoms with E-state index in [1.807, 2.05) is 0 Å². The van der Waals surface area contributed by atoms with Crippen molar-refractivity contribution in [2.24, 2.45) is 0 Å². The van der Waals surface area contributed by atoms with Crippen LogP contribution in [0.15, 0.2) is 18.3 Å². The van der Waals surface area contributed by atoms with Crippen LogP contribution in [-0.2, 0) is 11.3 Å². The van der Waals surface area contributed by atoms with E-state index in [4.69, 9.17) is 4.74 Å². The summed E-state index contributed by atoms with van der Waals surface area (Å²) in [7, 11) is 0. The molecule has 19 heavy (non-hydrogen) atoms. The second kappa shape index (κ2) is 6.10. The Morgan fingerprint density at radius 3 is 2.95 bits per heavy atom. The van der Waals surface area contributed by atoms with E-state index < -0.39 is 0 Å². The summed E-state index contributed by atoms with van der Waals surface area (Å²) in [5.41, 5.74) is 1.42. The van der Waals surface area contributed by atoms with Crippen molar-refractivity contribution in [1.82, 2.24) is 9.88 Å². The average Bonchev–Trinajstić information content (AvgIpc) is 2.93. The third-order valence-electron chi connectivity index (χ3n) is 3.96. The Bertz CT molecular complexity index is 397. The number of ether oxygens (including phenoxy) is 1. The molecule has 1 N–H and O–H groups in total. The van der Waals surface area contributed by atoms with Crippen LogP contribution in [0.1, 0.15) is 58.7 Å². The molecule has 2 heterocycles. The molecule has 0 spiro atoms.